The van der Waals surface area contributed by atoms with Gasteiger partial charge in [0.05, 0.1) is 5.56 Å². The van der Waals surface area contributed by atoms with Crippen molar-refractivity contribution in [1.82, 2.24) is 10.3 Å². The molecule has 0 spiro atoms. The van der Waals surface area contributed by atoms with Gasteiger partial charge in [0, 0.05) is 23.7 Å². The fourth-order valence-electron chi connectivity index (χ4n) is 2.58. The summed E-state index contributed by atoms with van der Waals surface area (Å²) in [5, 5.41) is 3.88. The molecular formula is C15H16F2N2S. The van der Waals surface area contributed by atoms with Gasteiger partial charge in [-0.25, -0.2) is 13.8 Å². The van der Waals surface area contributed by atoms with Crippen molar-refractivity contribution in [2.45, 2.75) is 38.3 Å². The highest BCUT2D eigenvalue weighted by Crippen LogP contribution is 2.30. The Morgan fingerprint density at radius 3 is 2.60 bits per heavy atom. The van der Waals surface area contributed by atoms with Crippen LogP contribution in [0.4, 0.5) is 8.78 Å². The topological polar surface area (TPSA) is 24.9 Å². The van der Waals surface area contributed by atoms with E-state index in [1.807, 2.05) is 0 Å². The van der Waals surface area contributed by atoms with Crippen molar-refractivity contribution in [2.24, 2.45) is 0 Å². The highest BCUT2D eigenvalue weighted by atomic mass is 32.1. The SMILES string of the molecule is Fc1cccc(F)c1-c1ncc(CNC2CCCC2)s1. The molecule has 1 N–H and O–H groups in total. The average molecular weight is 294 g/mol. The lowest BCUT2D eigenvalue weighted by atomic mass is 10.2. The number of thiazole rings is 1. The summed E-state index contributed by atoms with van der Waals surface area (Å²) in [7, 11) is 0. The van der Waals surface area contributed by atoms with Crippen LogP contribution in [0.25, 0.3) is 10.6 Å². The number of hydrogen-bond acceptors (Lipinski definition) is 3. The molecule has 1 aromatic heterocycles. The molecular weight excluding hydrogens is 278 g/mol. The van der Waals surface area contributed by atoms with E-state index >= 15 is 0 Å². The number of aromatic nitrogens is 1. The van der Waals surface area contributed by atoms with Gasteiger partial charge in [0.1, 0.15) is 16.6 Å². The van der Waals surface area contributed by atoms with Gasteiger partial charge in [-0.2, -0.15) is 0 Å². The fraction of sp³-hybridized carbons (Fsp3) is 0.400. The van der Waals surface area contributed by atoms with E-state index in [2.05, 4.69) is 10.3 Å². The summed E-state index contributed by atoms with van der Waals surface area (Å²) in [5.74, 6) is -1.12. The molecule has 0 amide bonds. The van der Waals surface area contributed by atoms with Gasteiger partial charge in [0.2, 0.25) is 0 Å². The second kappa shape index (κ2) is 5.97. The van der Waals surface area contributed by atoms with Crippen molar-refractivity contribution in [2.75, 3.05) is 0 Å². The second-order valence-electron chi connectivity index (χ2n) is 5.09. The van der Waals surface area contributed by atoms with Crippen LogP contribution in [-0.2, 0) is 6.54 Å². The number of rotatable bonds is 4. The summed E-state index contributed by atoms with van der Waals surface area (Å²) < 4.78 is 27.4. The molecule has 1 aliphatic carbocycles. The Kier molecular flexibility index (Phi) is 4.08. The molecule has 20 heavy (non-hydrogen) atoms. The first-order valence-electron chi connectivity index (χ1n) is 6.86. The van der Waals surface area contributed by atoms with Crippen molar-refractivity contribution in [1.29, 1.82) is 0 Å². The van der Waals surface area contributed by atoms with Crippen molar-refractivity contribution in [3.05, 3.63) is 40.9 Å². The molecule has 1 aliphatic rings. The Hall–Kier alpha value is -1.33. The molecule has 106 valence electrons. The van der Waals surface area contributed by atoms with E-state index in [9.17, 15) is 8.78 Å². The minimum absolute atomic E-state index is 0.0235. The lowest BCUT2D eigenvalue weighted by Gasteiger charge is -2.09. The zero-order valence-electron chi connectivity index (χ0n) is 11.0. The molecule has 1 heterocycles. The predicted octanol–water partition coefficient (Wildman–Crippen LogP) is 4.12. The highest BCUT2D eigenvalue weighted by molar-refractivity contribution is 7.15. The monoisotopic (exact) mass is 294 g/mol. The Morgan fingerprint density at radius 2 is 1.90 bits per heavy atom. The van der Waals surface area contributed by atoms with E-state index in [1.54, 1.807) is 6.20 Å². The third-order valence-electron chi connectivity index (χ3n) is 3.65. The summed E-state index contributed by atoms with van der Waals surface area (Å²) in [4.78, 5) is 5.16. The second-order valence-corrected chi connectivity index (χ2v) is 6.21. The molecule has 5 heteroatoms. The third kappa shape index (κ3) is 2.88. The maximum Gasteiger partial charge on any atom is 0.136 e. The van der Waals surface area contributed by atoms with E-state index in [-0.39, 0.29) is 5.56 Å². The smallest absolute Gasteiger partial charge is 0.136 e. The van der Waals surface area contributed by atoms with Gasteiger partial charge in [-0.15, -0.1) is 11.3 Å². The first-order valence-corrected chi connectivity index (χ1v) is 7.68. The molecule has 1 aromatic carbocycles. The summed E-state index contributed by atoms with van der Waals surface area (Å²) in [6.45, 7) is 0.721. The normalized spacial score (nSPS) is 15.9. The Labute approximate surface area is 120 Å². The molecule has 2 nitrogen and oxygen atoms in total. The average Bonchev–Trinajstić information content (AvgIpc) is 3.07. The van der Waals surface area contributed by atoms with Gasteiger partial charge in [-0.3, -0.25) is 0 Å². The van der Waals surface area contributed by atoms with Crippen molar-refractivity contribution in [3.8, 4) is 10.6 Å². The van der Waals surface area contributed by atoms with Crippen LogP contribution in [0.5, 0.6) is 0 Å². The molecule has 1 saturated carbocycles. The standard InChI is InChI=1S/C15H16F2N2S/c16-12-6-3-7-13(17)14(12)15-19-9-11(20-15)8-18-10-4-1-2-5-10/h3,6-7,9-10,18H,1-2,4-5,8H2. The van der Waals surface area contributed by atoms with Crippen LogP contribution in [0.1, 0.15) is 30.6 Å². The lowest BCUT2D eigenvalue weighted by Crippen LogP contribution is -2.24. The summed E-state index contributed by atoms with van der Waals surface area (Å²) in [6.07, 6.45) is 6.70. The minimum atomic E-state index is -0.561. The van der Waals surface area contributed by atoms with E-state index < -0.39 is 11.6 Å². The summed E-state index contributed by atoms with van der Waals surface area (Å²) >= 11 is 1.34. The minimum Gasteiger partial charge on any atom is -0.309 e. The van der Waals surface area contributed by atoms with Gasteiger partial charge >= 0.3 is 0 Å². The summed E-state index contributed by atoms with van der Waals surface area (Å²) in [6, 6.07) is 4.46. The Morgan fingerprint density at radius 1 is 1.20 bits per heavy atom. The number of benzene rings is 1. The predicted molar refractivity (Wildman–Crippen MR) is 76.6 cm³/mol. The molecule has 0 atom stereocenters. The zero-order chi connectivity index (χ0) is 13.9. The van der Waals surface area contributed by atoms with Gasteiger partial charge in [0.15, 0.2) is 0 Å². The van der Waals surface area contributed by atoms with Crippen LogP contribution in [0.2, 0.25) is 0 Å². The molecule has 0 saturated heterocycles. The van der Waals surface area contributed by atoms with Crippen LogP contribution in [0.15, 0.2) is 24.4 Å². The maximum absolute atomic E-state index is 13.7. The molecule has 0 bridgehead atoms. The molecule has 0 aliphatic heterocycles. The van der Waals surface area contributed by atoms with E-state index in [0.717, 1.165) is 11.4 Å². The van der Waals surface area contributed by atoms with E-state index in [1.165, 1.54) is 55.2 Å². The quantitative estimate of drug-likeness (QED) is 0.917. The van der Waals surface area contributed by atoms with Gasteiger partial charge in [-0.05, 0) is 25.0 Å². The Bertz CT molecular complexity index is 571. The lowest BCUT2D eigenvalue weighted by molar-refractivity contribution is 0.527. The molecule has 1 fully saturated rings. The van der Waals surface area contributed by atoms with E-state index in [0.29, 0.717) is 11.0 Å². The third-order valence-corrected chi connectivity index (χ3v) is 4.67. The van der Waals surface area contributed by atoms with Gasteiger partial charge in [0.25, 0.3) is 0 Å². The zero-order valence-corrected chi connectivity index (χ0v) is 11.9. The van der Waals surface area contributed by atoms with Gasteiger partial charge in [-0.1, -0.05) is 18.9 Å². The van der Waals surface area contributed by atoms with Crippen molar-refractivity contribution >= 4 is 11.3 Å². The highest BCUT2D eigenvalue weighted by Gasteiger charge is 2.17. The summed E-state index contributed by atoms with van der Waals surface area (Å²) in [5.41, 5.74) is -0.0235. The van der Waals surface area contributed by atoms with Crippen molar-refractivity contribution in [3.63, 3.8) is 0 Å². The van der Waals surface area contributed by atoms with Crippen molar-refractivity contribution < 1.29 is 8.78 Å². The molecule has 2 aromatic rings. The number of nitrogens with zero attached hydrogens (tertiary/aromatic N) is 1. The maximum atomic E-state index is 13.7. The first-order chi connectivity index (χ1) is 9.74. The van der Waals surface area contributed by atoms with Crippen LogP contribution in [0.3, 0.4) is 0 Å². The van der Waals surface area contributed by atoms with Crippen LogP contribution in [0, 0.1) is 11.6 Å². The first kappa shape index (κ1) is 13.6. The van der Waals surface area contributed by atoms with Crippen LogP contribution in [-0.4, -0.2) is 11.0 Å². The molecule has 3 rings (SSSR count). The fourth-order valence-corrected chi connectivity index (χ4v) is 3.49. The number of halogens is 2. The van der Waals surface area contributed by atoms with Crippen LogP contribution >= 0.6 is 11.3 Å². The largest absolute Gasteiger partial charge is 0.309 e. The van der Waals surface area contributed by atoms with E-state index in [4.69, 9.17) is 0 Å². The number of nitrogens with one attached hydrogen (secondary N) is 1. The molecule has 0 radical (unpaired) electrons. The Balaban J connectivity index is 1.73. The van der Waals surface area contributed by atoms with Crippen LogP contribution < -0.4 is 5.32 Å². The van der Waals surface area contributed by atoms with Gasteiger partial charge < -0.3 is 5.32 Å². The number of hydrogen-bond donors (Lipinski definition) is 1. The molecule has 0 unspecified atom stereocenters.